The Morgan fingerprint density at radius 1 is 0.946 bits per heavy atom. The third-order valence-electron chi connectivity index (χ3n) is 6.75. The van der Waals surface area contributed by atoms with Crippen LogP contribution in [0.15, 0.2) is 30.3 Å². The number of fused-ring (bicyclic) bond motifs is 3. The lowest BCUT2D eigenvalue weighted by Crippen LogP contribution is -2.49. The summed E-state index contributed by atoms with van der Waals surface area (Å²) in [7, 11) is 0. The zero-order valence-corrected chi connectivity index (χ0v) is 21.0. The summed E-state index contributed by atoms with van der Waals surface area (Å²) in [5.74, 6) is -0.374. The van der Waals surface area contributed by atoms with Gasteiger partial charge in [0.1, 0.15) is 5.69 Å². The molecule has 2 aliphatic heterocycles. The number of thiophene rings is 1. The van der Waals surface area contributed by atoms with E-state index in [1.807, 2.05) is 17.1 Å². The molecule has 3 aliphatic rings. The minimum Gasteiger partial charge on any atom is -0.379 e. The van der Waals surface area contributed by atoms with Crippen LogP contribution in [0, 0.1) is 0 Å². The van der Waals surface area contributed by atoms with E-state index in [1.54, 1.807) is 23.2 Å². The molecule has 3 aromatic rings. The number of H-pyrrole nitrogens is 1. The van der Waals surface area contributed by atoms with E-state index in [9.17, 15) is 14.4 Å². The zero-order chi connectivity index (χ0) is 25.4. The highest BCUT2D eigenvalue weighted by molar-refractivity contribution is 7.17. The number of ether oxygens (including phenoxy) is 1. The van der Waals surface area contributed by atoms with E-state index in [0.29, 0.717) is 64.9 Å². The van der Waals surface area contributed by atoms with E-state index in [-0.39, 0.29) is 11.7 Å². The predicted octanol–water partition coefficient (Wildman–Crippen LogP) is 2.85. The molecule has 0 spiro atoms. The van der Waals surface area contributed by atoms with E-state index in [1.165, 1.54) is 17.8 Å². The quantitative estimate of drug-likeness (QED) is 0.318. The number of hydrogen-bond donors (Lipinski definition) is 4. The number of hydrazine groups is 2. The van der Waals surface area contributed by atoms with Gasteiger partial charge in [-0.25, -0.2) is 14.8 Å². The van der Waals surface area contributed by atoms with Crippen molar-refractivity contribution >= 4 is 34.7 Å². The van der Waals surface area contributed by atoms with Crippen LogP contribution in [0.1, 0.15) is 44.9 Å². The highest BCUT2D eigenvalue weighted by Crippen LogP contribution is 2.44. The first-order chi connectivity index (χ1) is 18.1. The van der Waals surface area contributed by atoms with Crippen molar-refractivity contribution in [3.8, 4) is 21.8 Å². The lowest BCUT2D eigenvalue weighted by atomic mass is 10.1. The molecule has 6 rings (SSSR count). The van der Waals surface area contributed by atoms with Gasteiger partial charge in [-0.1, -0.05) is 18.6 Å². The Labute approximate surface area is 217 Å². The van der Waals surface area contributed by atoms with Gasteiger partial charge in [-0.3, -0.25) is 25.5 Å². The predicted molar refractivity (Wildman–Crippen MR) is 138 cm³/mol. The number of urea groups is 1. The van der Waals surface area contributed by atoms with E-state index < -0.39 is 6.03 Å². The van der Waals surface area contributed by atoms with E-state index in [0.717, 1.165) is 30.8 Å². The molecule has 12 heteroatoms. The second-order valence-electron chi connectivity index (χ2n) is 9.20. The number of amides is 3. The maximum Gasteiger partial charge on any atom is 0.333 e. The van der Waals surface area contributed by atoms with Gasteiger partial charge >= 0.3 is 6.03 Å². The molecular weight excluding hydrogens is 494 g/mol. The van der Waals surface area contributed by atoms with Gasteiger partial charge in [0.05, 0.1) is 45.5 Å². The summed E-state index contributed by atoms with van der Waals surface area (Å²) < 4.78 is 5.31. The molecule has 4 N–H and O–H groups in total. The van der Waals surface area contributed by atoms with Crippen LogP contribution in [0.4, 0.5) is 10.5 Å². The number of hydrogen-bond acceptors (Lipinski definition) is 8. The van der Waals surface area contributed by atoms with E-state index >= 15 is 0 Å². The fourth-order valence-corrected chi connectivity index (χ4v) is 5.82. The van der Waals surface area contributed by atoms with Crippen LogP contribution in [-0.2, 0) is 4.74 Å². The SMILES string of the molecule is O=C(Nc1cccc2c1C(=O)c1c(-c3ccc(C(=O)NN4CCCCC4)s3)n[nH]c1-2)NN1CCOCC1. The molecule has 0 radical (unpaired) electrons. The third kappa shape index (κ3) is 4.64. The van der Waals surface area contributed by atoms with E-state index in [4.69, 9.17) is 4.74 Å². The summed E-state index contributed by atoms with van der Waals surface area (Å²) in [6.45, 7) is 3.99. The number of nitrogens with zero attached hydrogens (tertiary/aromatic N) is 3. The molecule has 1 aromatic carbocycles. The first-order valence-electron chi connectivity index (χ1n) is 12.4. The van der Waals surface area contributed by atoms with Crippen molar-refractivity contribution in [2.45, 2.75) is 19.3 Å². The van der Waals surface area contributed by atoms with Gasteiger partial charge in [0.15, 0.2) is 5.78 Å². The average Bonchev–Trinajstić information content (AvgIpc) is 3.62. The largest absolute Gasteiger partial charge is 0.379 e. The van der Waals surface area contributed by atoms with Crippen LogP contribution in [-0.4, -0.2) is 77.3 Å². The van der Waals surface area contributed by atoms with Gasteiger partial charge < -0.3 is 10.1 Å². The summed E-state index contributed by atoms with van der Waals surface area (Å²) in [5.41, 5.74) is 8.87. The van der Waals surface area contributed by atoms with Gasteiger partial charge in [-0.05, 0) is 31.0 Å². The number of aromatic nitrogens is 2. The van der Waals surface area contributed by atoms with Crippen LogP contribution in [0.2, 0.25) is 0 Å². The monoisotopic (exact) mass is 521 g/mol. The Bertz CT molecular complexity index is 1350. The number of nitrogens with one attached hydrogen (secondary N) is 4. The maximum atomic E-state index is 13.6. The molecule has 192 valence electrons. The lowest BCUT2D eigenvalue weighted by molar-refractivity contribution is 0.0207. The van der Waals surface area contributed by atoms with Gasteiger partial charge in [0.2, 0.25) is 0 Å². The number of piperidine rings is 1. The maximum absolute atomic E-state index is 13.6. The number of benzene rings is 1. The summed E-state index contributed by atoms with van der Waals surface area (Å²) in [5, 5.41) is 14.0. The third-order valence-corrected chi connectivity index (χ3v) is 7.84. The number of rotatable bonds is 5. The van der Waals surface area contributed by atoms with Crippen LogP contribution in [0.5, 0.6) is 0 Å². The Morgan fingerprint density at radius 3 is 2.54 bits per heavy atom. The normalized spacial score (nSPS) is 17.8. The number of aromatic amines is 1. The van der Waals surface area contributed by atoms with Crippen molar-refractivity contribution in [2.24, 2.45) is 0 Å². The minimum atomic E-state index is -0.417. The van der Waals surface area contributed by atoms with Crippen molar-refractivity contribution in [2.75, 3.05) is 44.7 Å². The zero-order valence-electron chi connectivity index (χ0n) is 20.1. The molecule has 3 amide bonds. The molecule has 2 fully saturated rings. The second-order valence-corrected chi connectivity index (χ2v) is 10.3. The summed E-state index contributed by atoms with van der Waals surface area (Å²) in [4.78, 5) is 40.3. The molecule has 4 heterocycles. The molecule has 2 aromatic heterocycles. The fourth-order valence-electron chi connectivity index (χ4n) is 4.93. The highest BCUT2D eigenvalue weighted by atomic mass is 32.1. The summed E-state index contributed by atoms with van der Waals surface area (Å²) in [6, 6.07) is 8.49. The number of ketones is 1. The van der Waals surface area contributed by atoms with Crippen molar-refractivity contribution in [3.05, 3.63) is 46.3 Å². The molecule has 37 heavy (non-hydrogen) atoms. The summed E-state index contributed by atoms with van der Waals surface area (Å²) in [6.07, 6.45) is 3.33. The molecule has 1 aliphatic carbocycles. The average molecular weight is 522 g/mol. The fraction of sp³-hybridized carbons (Fsp3) is 0.360. The Hall–Kier alpha value is -3.58. The number of morpholine rings is 1. The molecule has 0 saturated carbocycles. The van der Waals surface area contributed by atoms with Crippen molar-refractivity contribution < 1.29 is 19.1 Å². The molecule has 11 nitrogen and oxygen atoms in total. The first-order valence-corrected chi connectivity index (χ1v) is 13.2. The molecular formula is C25H27N7O4S. The van der Waals surface area contributed by atoms with Crippen molar-refractivity contribution in [3.63, 3.8) is 0 Å². The van der Waals surface area contributed by atoms with Crippen LogP contribution >= 0.6 is 11.3 Å². The van der Waals surface area contributed by atoms with Gasteiger partial charge in [-0.15, -0.1) is 11.3 Å². The van der Waals surface area contributed by atoms with Crippen LogP contribution < -0.4 is 16.2 Å². The Kier molecular flexibility index (Phi) is 6.47. The Balaban J connectivity index is 1.21. The first kappa shape index (κ1) is 23.8. The van der Waals surface area contributed by atoms with Gasteiger partial charge in [0.25, 0.3) is 5.91 Å². The standard InChI is InChI=1S/C25H27N7O4S/c33-23-19-15(5-4-6-16(19)26-25(35)30-32-11-13-36-14-12-32)21-20(23)22(28-27-21)17-7-8-18(37-17)24(34)29-31-9-2-1-3-10-31/h4-8H,1-3,9-14H2,(H,27,28)(H,29,34)(H2,26,30,35). The number of carbonyl (C=O) groups is 3. The molecule has 0 atom stereocenters. The summed E-state index contributed by atoms with van der Waals surface area (Å²) >= 11 is 1.30. The van der Waals surface area contributed by atoms with Crippen LogP contribution in [0.25, 0.3) is 21.8 Å². The lowest BCUT2D eigenvalue weighted by Gasteiger charge is -2.27. The Morgan fingerprint density at radius 2 is 1.73 bits per heavy atom. The molecule has 2 saturated heterocycles. The van der Waals surface area contributed by atoms with Crippen LogP contribution in [0.3, 0.4) is 0 Å². The van der Waals surface area contributed by atoms with Crippen molar-refractivity contribution in [1.29, 1.82) is 0 Å². The molecule has 0 unspecified atom stereocenters. The minimum absolute atomic E-state index is 0.155. The van der Waals surface area contributed by atoms with Crippen molar-refractivity contribution in [1.82, 2.24) is 31.1 Å². The topological polar surface area (TPSA) is 132 Å². The highest BCUT2D eigenvalue weighted by Gasteiger charge is 2.35. The van der Waals surface area contributed by atoms with Gasteiger partial charge in [-0.2, -0.15) is 5.10 Å². The van der Waals surface area contributed by atoms with E-state index in [2.05, 4.69) is 26.4 Å². The molecule has 0 bridgehead atoms. The van der Waals surface area contributed by atoms with Gasteiger partial charge in [0, 0.05) is 31.7 Å². The number of anilines is 1. The smallest absolute Gasteiger partial charge is 0.333 e. The second kappa shape index (κ2) is 10.1. The number of carbonyl (C=O) groups excluding carboxylic acids is 3.